The standard InChI is InChI=1S/C15H20O3/c1-8-4-6-9(2)12-14(17-12)13-11(7-5-8)10(3)15(16)18-13/h4,9,11-14H,3,5-7H2,1-2H3/b8-4+/t9-,11-,12?,13-,14?/m0/s1. The highest BCUT2D eigenvalue weighted by Crippen LogP contribution is 2.44. The van der Waals surface area contributed by atoms with Crippen molar-refractivity contribution in [1.82, 2.24) is 0 Å². The number of fused-ring (bicyclic) bond motifs is 3. The topological polar surface area (TPSA) is 38.8 Å². The number of carbonyl (C=O) groups excluding carboxylic acids is 1. The molecule has 2 saturated heterocycles. The number of allylic oxidation sites excluding steroid dienone is 2. The molecule has 0 spiro atoms. The number of hydrogen-bond acceptors (Lipinski definition) is 3. The Labute approximate surface area is 108 Å². The van der Waals surface area contributed by atoms with Gasteiger partial charge in [0.1, 0.15) is 12.2 Å². The van der Waals surface area contributed by atoms with Crippen molar-refractivity contribution >= 4 is 5.97 Å². The van der Waals surface area contributed by atoms with Crippen LogP contribution in [-0.2, 0) is 14.3 Å². The van der Waals surface area contributed by atoms with Crippen molar-refractivity contribution in [2.45, 2.75) is 51.4 Å². The number of epoxide rings is 1. The van der Waals surface area contributed by atoms with E-state index in [0.717, 1.165) is 19.3 Å². The van der Waals surface area contributed by atoms with E-state index < -0.39 is 0 Å². The van der Waals surface area contributed by atoms with Crippen LogP contribution < -0.4 is 0 Å². The molecule has 0 amide bonds. The molecule has 2 fully saturated rings. The largest absolute Gasteiger partial charge is 0.455 e. The van der Waals surface area contributed by atoms with Crippen LogP contribution in [0, 0.1) is 11.8 Å². The molecule has 2 unspecified atom stereocenters. The summed E-state index contributed by atoms with van der Waals surface area (Å²) >= 11 is 0. The molecule has 0 aromatic heterocycles. The van der Waals surface area contributed by atoms with Crippen molar-refractivity contribution in [2.24, 2.45) is 11.8 Å². The Morgan fingerprint density at radius 3 is 2.89 bits per heavy atom. The summed E-state index contributed by atoms with van der Waals surface area (Å²) in [4.78, 5) is 11.7. The van der Waals surface area contributed by atoms with Crippen molar-refractivity contribution in [2.75, 3.05) is 0 Å². The lowest BCUT2D eigenvalue weighted by Crippen LogP contribution is -2.26. The SMILES string of the molecule is C=C1C(=O)O[C@@H]2C3OC3[C@@H](C)C/C=C(\C)CC[C@@H]12. The van der Waals surface area contributed by atoms with Crippen LogP contribution in [0.25, 0.3) is 0 Å². The summed E-state index contributed by atoms with van der Waals surface area (Å²) in [5, 5.41) is 0. The van der Waals surface area contributed by atoms with Crippen LogP contribution in [0.5, 0.6) is 0 Å². The van der Waals surface area contributed by atoms with Crippen LogP contribution >= 0.6 is 0 Å². The van der Waals surface area contributed by atoms with Gasteiger partial charge in [-0.3, -0.25) is 0 Å². The Kier molecular flexibility index (Phi) is 2.81. The van der Waals surface area contributed by atoms with Gasteiger partial charge in [-0.05, 0) is 32.1 Å². The summed E-state index contributed by atoms with van der Waals surface area (Å²) in [7, 11) is 0. The second kappa shape index (κ2) is 4.23. The Hall–Kier alpha value is -1.09. The number of carbonyl (C=O) groups is 1. The molecule has 3 heteroatoms. The summed E-state index contributed by atoms with van der Waals surface area (Å²) in [6.45, 7) is 8.26. The minimum atomic E-state index is -0.229. The number of hydrogen-bond donors (Lipinski definition) is 0. The molecule has 3 nitrogen and oxygen atoms in total. The number of rotatable bonds is 0. The monoisotopic (exact) mass is 248 g/mol. The first-order valence-electron chi connectivity index (χ1n) is 6.79. The zero-order valence-corrected chi connectivity index (χ0v) is 11.0. The molecule has 0 aromatic carbocycles. The third-order valence-corrected chi connectivity index (χ3v) is 4.48. The molecule has 2 aliphatic heterocycles. The molecular formula is C15H20O3. The average Bonchev–Trinajstić information content (AvgIpc) is 3.08. The van der Waals surface area contributed by atoms with Crippen molar-refractivity contribution in [3.05, 3.63) is 23.8 Å². The molecule has 0 radical (unpaired) electrons. The average molecular weight is 248 g/mol. The summed E-state index contributed by atoms with van der Waals surface area (Å²) in [6.07, 6.45) is 5.57. The van der Waals surface area contributed by atoms with Crippen molar-refractivity contribution in [3.63, 3.8) is 0 Å². The lowest BCUT2D eigenvalue weighted by molar-refractivity contribution is -0.140. The van der Waals surface area contributed by atoms with Gasteiger partial charge >= 0.3 is 5.97 Å². The van der Waals surface area contributed by atoms with Crippen LogP contribution in [0.15, 0.2) is 23.8 Å². The maximum absolute atomic E-state index is 11.7. The summed E-state index contributed by atoms with van der Waals surface area (Å²) in [5.41, 5.74) is 2.03. The van der Waals surface area contributed by atoms with Gasteiger partial charge in [-0.1, -0.05) is 25.2 Å². The van der Waals surface area contributed by atoms with Crippen molar-refractivity contribution in [1.29, 1.82) is 0 Å². The smallest absolute Gasteiger partial charge is 0.334 e. The molecule has 3 rings (SSSR count). The zero-order valence-electron chi connectivity index (χ0n) is 11.0. The van der Waals surface area contributed by atoms with Gasteiger partial charge in [0.15, 0.2) is 0 Å². The summed E-state index contributed by atoms with van der Waals surface area (Å²) in [6, 6.07) is 0. The molecule has 1 aliphatic carbocycles. The molecule has 5 atom stereocenters. The van der Waals surface area contributed by atoms with E-state index in [-0.39, 0.29) is 30.2 Å². The van der Waals surface area contributed by atoms with Crippen LogP contribution in [-0.4, -0.2) is 24.3 Å². The Bertz CT molecular complexity index is 423. The second-order valence-electron chi connectivity index (χ2n) is 5.87. The van der Waals surface area contributed by atoms with E-state index in [2.05, 4.69) is 26.5 Å². The maximum atomic E-state index is 11.7. The lowest BCUT2D eigenvalue weighted by Gasteiger charge is -2.18. The van der Waals surface area contributed by atoms with E-state index in [4.69, 9.17) is 9.47 Å². The lowest BCUT2D eigenvalue weighted by atomic mass is 9.85. The van der Waals surface area contributed by atoms with E-state index in [1.54, 1.807) is 0 Å². The second-order valence-corrected chi connectivity index (χ2v) is 5.87. The molecule has 0 aromatic rings. The first-order valence-corrected chi connectivity index (χ1v) is 6.79. The highest BCUT2D eigenvalue weighted by Gasteiger charge is 2.55. The molecule has 98 valence electrons. The number of esters is 1. The molecule has 0 saturated carbocycles. The van der Waals surface area contributed by atoms with Gasteiger partial charge in [-0.2, -0.15) is 0 Å². The van der Waals surface area contributed by atoms with Crippen LogP contribution in [0.4, 0.5) is 0 Å². The molecule has 0 N–H and O–H groups in total. The van der Waals surface area contributed by atoms with Gasteiger partial charge in [0, 0.05) is 11.5 Å². The Morgan fingerprint density at radius 2 is 2.11 bits per heavy atom. The summed E-state index contributed by atoms with van der Waals surface area (Å²) < 4.78 is 11.2. The predicted octanol–water partition coefficient (Wildman–Crippen LogP) is 2.62. The van der Waals surface area contributed by atoms with Gasteiger partial charge in [-0.25, -0.2) is 4.79 Å². The fourth-order valence-electron chi connectivity index (χ4n) is 3.13. The molecule has 2 heterocycles. The maximum Gasteiger partial charge on any atom is 0.334 e. The van der Waals surface area contributed by atoms with E-state index >= 15 is 0 Å². The fraction of sp³-hybridized carbons (Fsp3) is 0.667. The van der Waals surface area contributed by atoms with Gasteiger partial charge in [0.05, 0.1) is 6.10 Å². The van der Waals surface area contributed by atoms with Gasteiger partial charge in [0.25, 0.3) is 0 Å². The quantitative estimate of drug-likeness (QED) is 0.286. The molecule has 18 heavy (non-hydrogen) atoms. The fourth-order valence-corrected chi connectivity index (χ4v) is 3.13. The van der Waals surface area contributed by atoms with Gasteiger partial charge in [-0.15, -0.1) is 0 Å². The van der Waals surface area contributed by atoms with Crippen LogP contribution in [0.1, 0.15) is 33.1 Å². The normalized spacial score (nSPS) is 46.6. The van der Waals surface area contributed by atoms with Gasteiger partial charge < -0.3 is 9.47 Å². The van der Waals surface area contributed by atoms with Crippen LogP contribution in [0.2, 0.25) is 0 Å². The van der Waals surface area contributed by atoms with E-state index in [0.29, 0.717) is 11.5 Å². The van der Waals surface area contributed by atoms with E-state index in [1.165, 1.54) is 5.57 Å². The van der Waals surface area contributed by atoms with Crippen molar-refractivity contribution < 1.29 is 14.3 Å². The predicted molar refractivity (Wildman–Crippen MR) is 67.9 cm³/mol. The Balaban J connectivity index is 1.85. The first kappa shape index (κ1) is 12.0. The third-order valence-electron chi connectivity index (χ3n) is 4.48. The highest BCUT2D eigenvalue weighted by molar-refractivity contribution is 5.90. The summed E-state index contributed by atoms with van der Waals surface area (Å²) in [5.74, 6) is 0.408. The highest BCUT2D eigenvalue weighted by atomic mass is 16.6. The molecule has 0 bridgehead atoms. The first-order chi connectivity index (χ1) is 8.58. The minimum absolute atomic E-state index is 0.0941. The van der Waals surface area contributed by atoms with E-state index in [1.807, 2.05) is 0 Å². The van der Waals surface area contributed by atoms with Crippen molar-refractivity contribution in [3.8, 4) is 0 Å². The molecule has 3 aliphatic rings. The zero-order chi connectivity index (χ0) is 12.9. The minimum Gasteiger partial charge on any atom is -0.455 e. The molecular weight excluding hydrogens is 228 g/mol. The Morgan fingerprint density at radius 1 is 1.33 bits per heavy atom. The number of ether oxygens (including phenoxy) is 2. The van der Waals surface area contributed by atoms with E-state index in [9.17, 15) is 4.79 Å². The van der Waals surface area contributed by atoms with Gasteiger partial charge in [0.2, 0.25) is 0 Å². The third kappa shape index (κ3) is 1.91. The van der Waals surface area contributed by atoms with Crippen LogP contribution in [0.3, 0.4) is 0 Å².